The van der Waals surface area contributed by atoms with Crippen LogP contribution in [0.1, 0.15) is 27.2 Å². The highest BCUT2D eigenvalue weighted by Crippen LogP contribution is 1.95. The Morgan fingerprint density at radius 2 is 2.18 bits per heavy atom. The predicted molar refractivity (Wildman–Crippen MR) is 67.6 cm³/mol. The average Bonchev–Trinajstić information content (AvgIpc) is 2.69. The maximum absolute atomic E-state index is 11.7. The van der Waals surface area contributed by atoms with E-state index in [1.165, 1.54) is 0 Å². The molecule has 0 aliphatic carbocycles. The predicted octanol–water partition coefficient (Wildman–Crippen LogP) is 0.776. The highest BCUT2D eigenvalue weighted by molar-refractivity contribution is 5.76. The van der Waals surface area contributed by atoms with Crippen molar-refractivity contribution in [2.75, 3.05) is 6.54 Å². The van der Waals surface area contributed by atoms with E-state index in [0.717, 1.165) is 13.1 Å². The Bertz CT molecular complexity index is 323. The second-order valence-electron chi connectivity index (χ2n) is 4.39. The maximum Gasteiger partial charge on any atom is 0.221 e. The number of amides is 1. The molecule has 0 aliphatic rings. The molecule has 1 aromatic heterocycles. The second-order valence-corrected chi connectivity index (χ2v) is 4.39. The average molecular weight is 238 g/mol. The molecule has 0 radical (unpaired) electrons. The van der Waals surface area contributed by atoms with Gasteiger partial charge >= 0.3 is 0 Å². The molecule has 0 spiro atoms. The van der Waals surface area contributed by atoms with Gasteiger partial charge in [-0.1, -0.05) is 6.92 Å². The summed E-state index contributed by atoms with van der Waals surface area (Å²) in [6, 6.07) is 0.339. The number of nitrogens with zero attached hydrogens (tertiary/aromatic N) is 2. The topological polar surface area (TPSA) is 59.0 Å². The van der Waals surface area contributed by atoms with Gasteiger partial charge < -0.3 is 15.2 Å². The molecule has 1 aromatic rings. The van der Waals surface area contributed by atoms with Gasteiger partial charge in [0.2, 0.25) is 5.91 Å². The van der Waals surface area contributed by atoms with E-state index in [9.17, 15) is 4.79 Å². The van der Waals surface area contributed by atoms with Gasteiger partial charge in [0.05, 0.1) is 6.33 Å². The van der Waals surface area contributed by atoms with E-state index in [1.54, 1.807) is 12.5 Å². The highest BCUT2D eigenvalue weighted by Gasteiger charge is 2.11. The zero-order chi connectivity index (χ0) is 12.7. The van der Waals surface area contributed by atoms with Crippen molar-refractivity contribution in [3.05, 3.63) is 18.7 Å². The monoisotopic (exact) mass is 238 g/mol. The molecule has 5 nitrogen and oxygen atoms in total. The lowest BCUT2D eigenvalue weighted by molar-refractivity contribution is -0.122. The van der Waals surface area contributed by atoms with E-state index in [1.807, 2.05) is 31.5 Å². The zero-order valence-electron chi connectivity index (χ0n) is 10.8. The highest BCUT2D eigenvalue weighted by atomic mass is 16.1. The van der Waals surface area contributed by atoms with E-state index in [-0.39, 0.29) is 18.0 Å². The molecule has 1 rings (SSSR count). The van der Waals surface area contributed by atoms with Crippen LogP contribution in [0.3, 0.4) is 0 Å². The fraction of sp³-hybridized carbons (Fsp3) is 0.667. The smallest absolute Gasteiger partial charge is 0.221 e. The molecule has 1 heterocycles. The number of carbonyl (C=O) groups is 1. The van der Waals surface area contributed by atoms with Gasteiger partial charge in [-0.25, -0.2) is 4.98 Å². The van der Waals surface area contributed by atoms with Crippen LogP contribution in [0.25, 0.3) is 0 Å². The van der Waals surface area contributed by atoms with Crippen molar-refractivity contribution in [1.29, 1.82) is 0 Å². The molecule has 0 fully saturated rings. The number of hydrogen-bond acceptors (Lipinski definition) is 3. The van der Waals surface area contributed by atoms with E-state index in [2.05, 4.69) is 15.6 Å². The van der Waals surface area contributed by atoms with Crippen LogP contribution in [0.5, 0.6) is 0 Å². The lowest BCUT2D eigenvalue weighted by Gasteiger charge is -2.17. The molecule has 2 atom stereocenters. The molecular formula is C12H22N4O. The summed E-state index contributed by atoms with van der Waals surface area (Å²) in [6.07, 6.45) is 5.90. The van der Waals surface area contributed by atoms with Gasteiger partial charge in [-0.3, -0.25) is 4.79 Å². The number of imidazole rings is 1. The van der Waals surface area contributed by atoms with Crippen molar-refractivity contribution in [1.82, 2.24) is 20.2 Å². The summed E-state index contributed by atoms with van der Waals surface area (Å²) in [5.74, 6) is 0.0889. The molecule has 0 bridgehead atoms. The van der Waals surface area contributed by atoms with Gasteiger partial charge in [0.25, 0.3) is 0 Å². The molecule has 0 aliphatic heterocycles. The molecule has 5 heteroatoms. The van der Waals surface area contributed by atoms with Gasteiger partial charge in [0.15, 0.2) is 0 Å². The van der Waals surface area contributed by atoms with E-state index >= 15 is 0 Å². The molecule has 0 saturated carbocycles. The van der Waals surface area contributed by atoms with Gasteiger partial charge in [0, 0.05) is 37.4 Å². The number of aromatic nitrogens is 2. The fourth-order valence-electron chi connectivity index (χ4n) is 1.79. The molecular weight excluding hydrogens is 216 g/mol. The van der Waals surface area contributed by atoms with Crippen molar-refractivity contribution in [2.24, 2.45) is 0 Å². The Hall–Kier alpha value is -1.36. The van der Waals surface area contributed by atoms with E-state index < -0.39 is 0 Å². The van der Waals surface area contributed by atoms with Crippen LogP contribution in [0.4, 0.5) is 0 Å². The fourth-order valence-corrected chi connectivity index (χ4v) is 1.79. The molecule has 0 saturated heterocycles. The number of carbonyl (C=O) groups excluding carboxylic acids is 1. The summed E-state index contributed by atoms with van der Waals surface area (Å²) in [5, 5.41) is 6.20. The van der Waals surface area contributed by atoms with Crippen molar-refractivity contribution in [3.8, 4) is 0 Å². The number of hydrogen-bond donors (Lipinski definition) is 2. The first-order valence-corrected chi connectivity index (χ1v) is 6.10. The minimum Gasteiger partial charge on any atom is -0.352 e. The van der Waals surface area contributed by atoms with Gasteiger partial charge in [0.1, 0.15) is 0 Å². The van der Waals surface area contributed by atoms with Gasteiger partial charge in [-0.15, -0.1) is 0 Å². The van der Waals surface area contributed by atoms with Crippen LogP contribution in [0.15, 0.2) is 18.7 Å². The third-order valence-corrected chi connectivity index (χ3v) is 2.50. The Morgan fingerprint density at radius 3 is 2.76 bits per heavy atom. The molecule has 2 unspecified atom stereocenters. The lowest BCUT2D eigenvalue weighted by Crippen LogP contribution is -2.39. The summed E-state index contributed by atoms with van der Waals surface area (Å²) in [4.78, 5) is 15.7. The largest absolute Gasteiger partial charge is 0.352 e. The summed E-state index contributed by atoms with van der Waals surface area (Å²) in [6.45, 7) is 7.69. The molecule has 17 heavy (non-hydrogen) atoms. The molecule has 2 N–H and O–H groups in total. The lowest BCUT2D eigenvalue weighted by atomic mass is 10.2. The SMILES string of the molecule is CCNC(C)CC(=O)NC(C)Cn1ccnc1. The maximum atomic E-state index is 11.7. The van der Waals surface area contributed by atoms with Crippen LogP contribution in [-0.4, -0.2) is 34.1 Å². The minimum atomic E-state index is 0.0889. The zero-order valence-corrected chi connectivity index (χ0v) is 10.8. The van der Waals surface area contributed by atoms with Gasteiger partial charge in [-0.2, -0.15) is 0 Å². The third kappa shape index (κ3) is 5.49. The molecule has 1 amide bonds. The Kier molecular flexibility index (Phi) is 5.69. The Balaban J connectivity index is 2.26. The number of nitrogens with one attached hydrogen (secondary N) is 2. The van der Waals surface area contributed by atoms with Crippen LogP contribution in [0.2, 0.25) is 0 Å². The van der Waals surface area contributed by atoms with Crippen LogP contribution in [-0.2, 0) is 11.3 Å². The molecule has 0 aromatic carbocycles. The second kappa shape index (κ2) is 7.06. The van der Waals surface area contributed by atoms with Crippen LogP contribution in [0, 0.1) is 0 Å². The van der Waals surface area contributed by atoms with Crippen molar-refractivity contribution in [2.45, 2.75) is 45.8 Å². The minimum absolute atomic E-state index is 0.0889. The standard InChI is InChI=1S/C12H22N4O/c1-4-14-10(2)7-12(17)15-11(3)8-16-6-5-13-9-16/h5-6,9-11,14H,4,7-8H2,1-3H3,(H,15,17). The summed E-state index contributed by atoms with van der Waals surface area (Å²) < 4.78 is 1.96. The first-order valence-electron chi connectivity index (χ1n) is 6.10. The van der Waals surface area contributed by atoms with Crippen molar-refractivity contribution in [3.63, 3.8) is 0 Å². The summed E-state index contributed by atoms with van der Waals surface area (Å²) in [5.41, 5.74) is 0. The van der Waals surface area contributed by atoms with Crippen molar-refractivity contribution >= 4 is 5.91 Å². The van der Waals surface area contributed by atoms with Crippen LogP contribution >= 0.6 is 0 Å². The Morgan fingerprint density at radius 1 is 1.41 bits per heavy atom. The summed E-state index contributed by atoms with van der Waals surface area (Å²) in [7, 11) is 0. The quantitative estimate of drug-likeness (QED) is 0.738. The molecule has 96 valence electrons. The third-order valence-electron chi connectivity index (χ3n) is 2.50. The first-order chi connectivity index (χ1) is 8.11. The van der Waals surface area contributed by atoms with E-state index in [4.69, 9.17) is 0 Å². The first kappa shape index (κ1) is 13.7. The normalized spacial score (nSPS) is 14.3. The Labute approximate surface area is 103 Å². The summed E-state index contributed by atoms with van der Waals surface area (Å²) >= 11 is 0. The van der Waals surface area contributed by atoms with Crippen LogP contribution < -0.4 is 10.6 Å². The van der Waals surface area contributed by atoms with Gasteiger partial charge in [-0.05, 0) is 20.4 Å². The number of rotatable bonds is 7. The van der Waals surface area contributed by atoms with E-state index in [0.29, 0.717) is 6.42 Å². The van der Waals surface area contributed by atoms with Crippen molar-refractivity contribution < 1.29 is 4.79 Å².